The third kappa shape index (κ3) is 9.10. The number of nitriles is 1. The molecule has 3 aliphatic rings. The highest BCUT2D eigenvalue weighted by Crippen LogP contribution is 2.40. The van der Waals surface area contributed by atoms with Gasteiger partial charge in [-0.3, -0.25) is 39.2 Å². The number of hydrogen-bond donors (Lipinski definition) is 3. The first-order valence-corrected chi connectivity index (χ1v) is 20.1. The Labute approximate surface area is 348 Å². The first-order valence-electron chi connectivity index (χ1n) is 19.3. The minimum Gasteiger partial charge on any atom is -0.492 e. The lowest BCUT2D eigenvalue weighted by Gasteiger charge is -2.44. The van der Waals surface area contributed by atoms with Crippen molar-refractivity contribution >= 4 is 75.3 Å². The maximum absolute atomic E-state index is 14.5. The van der Waals surface area contributed by atoms with E-state index in [-0.39, 0.29) is 59.4 Å². The zero-order chi connectivity index (χ0) is 42.1. The SMILES string of the molecule is CC(C)c1cc(N2C(=S)N(c3ccc(C#N)c(Cl)c3)C(=O)C2(C)C)ccc1OCCN1C[C@@H](C)N(CC(=O)Nc2cc(F)cc(NC3CCC(=O)NC3=O)c2)[C@@H](C)C1. The molecule has 0 aliphatic carbocycles. The minimum absolute atomic E-state index is 0.0486. The van der Waals surface area contributed by atoms with Gasteiger partial charge in [0.05, 0.1) is 22.8 Å². The third-order valence-corrected chi connectivity index (χ3v) is 11.5. The van der Waals surface area contributed by atoms with E-state index in [9.17, 15) is 28.8 Å². The van der Waals surface area contributed by atoms with E-state index >= 15 is 0 Å². The molecule has 6 rings (SSSR count). The van der Waals surface area contributed by atoms with Gasteiger partial charge in [-0.25, -0.2) is 4.39 Å². The summed E-state index contributed by atoms with van der Waals surface area (Å²) in [6, 6.07) is 16.2. The molecule has 3 fully saturated rings. The molecule has 3 N–H and O–H groups in total. The van der Waals surface area contributed by atoms with E-state index in [0.29, 0.717) is 54.7 Å². The Morgan fingerprint density at radius 1 is 1.05 bits per heavy atom. The lowest BCUT2D eigenvalue weighted by Crippen LogP contribution is -2.58. The number of carbonyl (C=O) groups is 4. The van der Waals surface area contributed by atoms with Gasteiger partial charge < -0.3 is 20.3 Å². The first kappa shape index (κ1) is 42.5. The lowest BCUT2D eigenvalue weighted by atomic mass is 9.98. The number of thiocarbonyl (C=S) groups is 1. The van der Waals surface area contributed by atoms with E-state index in [1.54, 1.807) is 24.3 Å². The molecular weight excluding hydrogens is 783 g/mol. The van der Waals surface area contributed by atoms with Gasteiger partial charge >= 0.3 is 0 Å². The van der Waals surface area contributed by atoms with Gasteiger partial charge in [0.25, 0.3) is 5.91 Å². The van der Waals surface area contributed by atoms with Gasteiger partial charge in [0.2, 0.25) is 17.7 Å². The summed E-state index contributed by atoms with van der Waals surface area (Å²) in [6.45, 7) is 14.6. The van der Waals surface area contributed by atoms with Gasteiger partial charge in [0, 0.05) is 55.2 Å². The van der Waals surface area contributed by atoms with E-state index in [2.05, 4.69) is 53.4 Å². The van der Waals surface area contributed by atoms with Crippen LogP contribution in [-0.2, 0) is 19.2 Å². The maximum atomic E-state index is 14.5. The lowest BCUT2D eigenvalue weighted by molar-refractivity contribution is -0.133. The van der Waals surface area contributed by atoms with Crippen LogP contribution in [0.1, 0.15) is 71.4 Å². The molecule has 306 valence electrons. The van der Waals surface area contributed by atoms with Crippen molar-refractivity contribution in [3.05, 3.63) is 76.6 Å². The fourth-order valence-corrected chi connectivity index (χ4v) is 8.58. The molecule has 0 spiro atoms. The molecular formula is C42H48ClFN8O5S. The minimum atomic E-state index is -0.996. The number of anilines is 4. The summed E-state index contributed by atoms with van der Waals surface area (Å²) in [5.41, 5.74) is 2.13. The molecule has 3 saturated heterocycles. The first-order chi connectivity index (χ1) is 27.5. The van der Waals surface area contributed by atoms with Crippen LogP contribution < -0.4 is 30.5 Å². The van der Waals surface area contributed by atoms with Gasteiger partial charge in [-0.05, 0) is 112 Å². The molecule has 16 heteroatoms. The summed E-state index contributed by atoms with van der Waals surface area (Å²) >= 11 is 12.2. The van der Waals surface area contributed by atoms with Crippen molar-refractivity contribution in [2.24, 2.45) is 0 Å². The monoisotopic (exact) mass is 830 g/mol. The van der Waals surface area contributed by atoms with Crippen molar-refractivity contribution < 1.29 is 28.3 Å². The number of imide groups is 1. The molecule has 13 nitrogen and oxygen atoms in total. The van der Waals surface area contributed by atoms with Crippen molar-refractivity contribution in [1.82, 2.24) is 15.1 Å². The Balaban J connectivity index is 1.04. The van der Waals surface area contributed by atoms with Gasteiger partial charge in [0.1, 0.15) is 35.8 Å². The van der Waals surface area contributed by atoms with Crippen LogP contribution in [0.3, 0.4) is 0 Å². The molecule has 3 aromatic rings. The van der Waals surface area contributed by atoms with Crippen LogP contribution in [-0.4, -0.2) is 95.0 Å². The highest BCUT2D eigenvalue weighted by Gasteiger charge is 2.50. The van der Waals surface area contributed by atoms with Crippen LogP contribution >= 0.6 is 23.8 Å². The number of ether oxygens (including phenoxy) is 1. The Hall–Kier alpha value is -5.14. The highest BCUT2D eigenvalue weighted by atomic mass is 35.5. The molecule has 3 heterocycles. The smallest absolute Gasteiger partial charge is 0.259 e. The third-order valence-electron chi connectivity index (χ3n) is 10.8. The molecule has 0 saturated carbocycles. The van der Waals surface area contributed by atoms with Crippen LogP contribution in [0.4, 0.5) is 27.1 Å². The maximum Gasteiger partial charge on any atom is 0.259 e. The van der Waals surface area contributed by atoms with E-state index in [1.807, 2.05) is 43.0 Å². The normalized spacial score (nSPS) is 21.3. The van der Waals surface area contributed by atoms with Crippen molar-refractivity contribution in [3.8, 4) is 11.8 Å². The summed E-state index contributed by atoms with van der Waals surface area (Å²) in [7, 11) is 0. The van der Waals surface area contributed by atoms with Gasteiger partial charge in [-0.2, -0.15) is 5.26 Å². The largest absolute Gasteiger partial charge is 0.492 e. The number of piperidine rings is 1. The molecule has 3 aliphatic heterocycles. The second kappa shape index (κ2) is 17.4. The van der Waals surface area contributed by atoms with E-state index in [4.69, 9.17) is 28.6 Å². The summed E-state index contributed by atoms with van der Waals surface area (Å²) in [5.74, 6) is -1.03. The number of benzene rings is 3. The van der Waals surface area contributed by atoms with Crippen LogP contribution in [0.2, 0.25) is 5.02 Å². The quantitative estimate of drug-likeness (QED) is 0.145. The number of piperazine rings is 1. The fourth-order valence-electron chi connectivity index (χ4n) is 7.84. The Kier molecular flexibility index (Phi) is 12.7. The topological polar surface area (TPSA) is 150 Å². The number of nitrogens with one attached hydrogen (secondary N) is 3. The summed E-state index contributed by atoms with van der Waals surface area (Å²) in [4.78, 5) is 58.3. The molecule has 3 atom stereocenters. The van der Waals surface area contributed by atoms with Crippen LogP contribution in [0.25, 0.3) is 0 Å². The van der Waals surface area contributed by atoms with Crippen LogP contribution in [0, 0.1) is 17.1 Å². The van der Waals surface area contributed by atoms with Crippen molar-refractivity contribution in [3.63, 3.8) is 0 Å². The zero-order valence-corrected chi connectivity index (χ0v) is 35.0. The predicted molar refractivity (Wildman–Crippen MR) is 226 cm³/mol. The Morgan fingerprint density at radius 2 is 1.74 bits per heavy atom. The van der Waals surface area contributed by atoms with Gasteiger partial charge in [0.15, 0.2) is 5.11 Å². The second-order valence-corrected chi connectivity index (χ2v) is 16.6. The van der Waals surface area contributed by atoms with Gasteiger partial charge in [-0.1, -0.05) is 25.4 Å². The van der Waals surface area contributed by atoms with Crippen molar-refractivity contribution in [2.45, 2.75) is 84.0 Å². The Morgan fingerprint density at radius 3 is 2.40 bits per heavy atom. The zero-order valence-electron chi connectivity index (χ0n) is 33.4. The number of amides is 4. The number of nitrogens with zero attached hydrogens (tertiary/aromatic N) is 5. The second-order valence-electron chi connectivity index (χ2n) is 15.9. The van der Waals surface area contributed by atoms with Crippen LogP contribution in [0.15, 0.2) is 54.6 Å². The number of hydrogen-bond acceptors (Lipinski definition) is 10. The molecule has 1 unspecified atom stereocenters. The number of carbonyl (C=O) groups excluding carboxylic acids is 4. The summed E-state index contributed by atoms with van der Waals surface area (Å²) < 4.78 is 20.9. The molecule has 0 aromatic heterocycles. The molecule has 0 bridgehead atoms. The van der Waals surface area contributed by atoms with E-state index in [0.717, 1.165) is 17.0 Å². The standard InChI is InChI=1S/C42H48ClFN8O5S/c1-24(2)33-18-32(52-41(58)51(40(56)42(52,5)6)31-8-7-27(20-45)34(43)19-31)9-11-36(33)57-14-13-49-21-25(3)50(26(4)22-49)23-38(54)47-30-16-28(44)15-29(17-30)46-35-10-12-37(53)48-39(35)55/h7-9,11,15-19,24-26,35,46H,10,12-14,21-23H2,1-6H3,(H,47,54)(H,48,53,55)/t25-,26+,35?. The molecule has 0 radical (unpaired) electrons. The summed E-state index contributed by atoms with van der Waals surface area (Å²) in [6.07, 6.45) is 0.477. The average Bonchev–Trinajstić information content (AvgIpc) is 3.32. The number of halogens is 2. The molecule has 58 heavy (non-hydrogen) atoms. The van der Waals surface area contributed by atoms with Gasteiger partial charge in [-0.15, -0.1) is 0 Å². The highest BCUT2D eigenvalue weighted by molar-refractivity contribution is 7.81. The van der Waals surface area contributed by atoms with Crippen LogP contribution in [0.5, 0.6) is 5.75 Å². The fraction of sp³-hybridized carbons (Fsp3) is 0.429. The average molecular weight is 831 g/mol. The predicted octanol–water partition coefficient (Wildman–Crippen LogP) is 6.02. The molecule has 4 amide bonds. The molecule has 3 aromatic carbocycles. The van der Waals surface area contributed by atoms with Crippen molar-refractivity contribution in [2.75, 3.05) is 53.2 Å². The summed E-state index contributed by atoms with van der Waals surface area (Å²) in [5, 5.41) is 17.9. The van der Waals surface area contributed by atoms with Crippen molar-refractivity contribution in [1.29, 1.82) is 5.26 Å². The number of rotatable bonds is 12. The van der Waals surface area contributed by atoms with E-state index < -0.39 is 23.3 Å². The van der Waals surface area contributed by atoms with E-state index in [1.165, 1.54) is 17.0 Å². The Bertz CT molecular complexity index is 2170.